The molecule has 2 aromatic rings. The molecule has 1 aliphatic rings. The summed E-state index contributed by atoms with van der Waals surface area (Å²) in [6.07, 6.45) is -4.78. The normalized spacial score (nSPS) is 21.0. The van der Waals surface area contributed by atoms with Gasteiger partial charge in [-0.25, -0.2) is 4.40 Å². The summed E-state index contributed by atoms with van der Waals surface area (Å²) in [4.78, 5) is 0. The lowest BCUT2D eigenvalue weighted by atomic mass is 9.89. The molecule has 24 heavy (non-hydrogen) atoms. The highest BCUT2D eigenvalue weighted by molar-refractivity contribution is 7.99. The van der Waals surface area contributed by atoms with Crippen LogP contribution in [0.25, 0.3) is 0 Å². The number of rotatable bonds is 2. The van der Waals surface area contributed by atoms with Crippen molar-refractivity contribution in [2.75, 3.05) is 0 Å². The molecule has 0 aliphatic carbocycles. The number of benzene rings is 2. The molecule has 2 aromatic carbocycles. The van der Waals surface area contributed by atoms with Crippen molar-refractivity contribution in [1.82, 2.24) is 0 Å². The Morgan fingerprint density at radius 1 is 1.17 bits per heavy atom. The van der Waals surface area contributed by atoms with Crippen molar-refractivity contribution in [2.45, 2.75) is 24.3 Å². The van der Waals surface area contributed by atoms with Gasteiger partial charge in [-0.2, -0.15) is 13.2 Å². The van der Waals surface area contributed by atoms with Crippen LogP contribution in [0.3, 0.4) is 0 Å². The molecular formula is C17H11Cl2F3NS. The minimum Gasteiger partial charge on any atom is -0.219 e. The van der Waals surface area contributed by atoms with E-state index in [-0.39, 0.29) is 22.0 Å². The van der Waals surface area contributed by atoms with Crippen molar-refractivity contribution in [3.05, 3.63) is 69.2 Å². The van der Waals surface area contributed by atoms with Crippen LogP contribution in [0.2, 0.25) is 10.0 Å². The Hall–Kier alpha value is -1.17. The Labute approximate surface area is 152 Å². The fourth-order valence-electron chi connectivity index (χ4n) is 2.61. The molecular weight excluding hydrogens is 378 g/mol. The fourth-order valence-corrected chi connectivity index (χ4v) is 4.10. The molecule has 1 heterocycles. The van der Waals surface area contributed by atoms with Crippen LogP contribution in [0.1, 0.15) is 23.1 Å². The Bertz CT molecular complexity index is 799. The molecule has 1 aliphatic heterocycles. The molecule has 0 bridgehead atoms. The van der Waals surface area contributed by atoms with E-state index < -0.39 is 10.9 Å². The summed E-state index contributed by atoms with van der Waals surface area (Å²) in [7, 11) is 0. The Morgan fingerprint density at radius 3 is 2.42 bits per heavy atom. The molecule has 1 nitrogen and oxygen atoms in total. The van der Waals surface area contributed by atoms with Gasteiger partial charge in [-0.1, -0.05) is 35.3 Å². The van der Waals surface area contributed by atoms with Gasteiger partial charge in [-0.05, 0) is 65.9 Å². The van der Waals surface area contributed by atoms with Gasteiger partial charge in [-0.15, -0.1) is 0 Å². The summed E-state index contributed by atoms with van der Waals surface area (Å²) in [5.74, 6) is 0. The van der Waals surface area contributed by atoms with E-state index in [0.717, 1.165) is 5.56 Å². The van der Waals surface area contributed by atoms with Gasteiger partial charge in [-0.3, -0.25) is 0 Å². The second-order valence-electron chi connectivity index (χ2n) is 5.55. The van der Waals surface area contributed by atoms with Gasteiger partial charge in [0.15, 0.2) is 4.75 Å². The quantitative estimate of drug-likeness (QED) is 0.542. The largest absolute Gasteiger partial charge is 0.409 e. The number of halogens is 5. The second kappa shape index (κ2) is 6.28. The zero-order valence-corrected chi connectivity index (χ0v) is 14.7. The number of hydrogen-bond donors (Lipinski definition) is 0. The van der Waals surface area contributed by atoms with E-state index in [9.17, 15) is 13.2 Å². The van der Waals surface area contributed by atoms with E-state index in [1.54, 1.807) is 18.2 Å². The highest BCUT2D eigenvalue weighted by Gasteiger charge is 2.60. The van der Waals surface area contributed by atoms with Gasteiger partial charge in [0.2, 0.25) is 0 Å². The molecule has 3 rings (SSSR count). The minimum atomic E-state index is -4.51. The Morgan fingerprint density at radius 2 is 1.83 bits per heavy atom. The van der Waals surface area contributed by atoms with Crippen LogP contribution >= 0.6 is 35.1 Å². The van der Waals surface area contributed by atoms with E-state index in [4.69, 9.17) is 23.2 Å². The van der Waals surface area contributed by atoms with Crippen LogP contribution in [0.15, 0.2) is 40.8 Å². The number of aryl methyl sites for hydroxylation is 1. The highest BCUT2D eigenvalue weighted by Crippen LogP contribution is 2.57. The Kier molecular flexibility index (Phi) is 4.62. The third kappa shape index (κ3) is 3.17. The summed E-state index contributed by atoms with van der Waals surface area (Å²) >= 11 is 12.3. The third-order valence-electron chi connectivity index (χ3n) is 3.79. The lowest BCUT2D eigenvalue weighted by Gasteiger charge is -2.30. The van der Waals surface area contributed by atoms with E-state index in [2.05, 4.69) is 10.5 Å². The first kappa shape index (κ1) is 17.6. The lowest BCUT2D eigenvalue weighted by molar-refractivity contribution is -0.159. The molecule has 0 saturated carbocycles. The molecule has 1 radical (unpaired) electrons. The molecule has 0 fully saturated rings. The van der Waals surface area contributed by atoms with Crippen LogP contribution in [0.5, 0.6) is 0 Å². The highest BCUT2D eigenvalue weighted by atomic mass is 35.5. The number of alkyl halides is 3. The fraction of sp³-hybridized carbons (Fsp3) is 0.235. The maximum atomic E-state index is 13.9. The first-order valence-corrected chi connectivity index (χ1v) is 8.51. The van der Waals surface area contributed by atoms with Crippen molar-refractivity contribution in [3.63, 3.8) is 0 Å². The molecule has 0 amide bonds. The van der Waals surface area contributed by atoms with Gasteiger partial charge in [0.25, 0.3) is 0 Å². The smallest absolute Gasteiger partial charge is 0.219 e. The van der Waals surface area contributed by atoms with Gasteiger partial charge in [0, 0.05) is 16.5 Å². The molecule has 1 atom stereocenters. The predicted molar refractivity (Wildman–Crippen MR) is 93.0 cm³/mol. The number of hydrogen-bond acceptors (Lipinski definition) is 2. The summed E-state index contributed by atoms with van der Waals surface area (Å²) in [5, 5.41) is 0.334. The van der Waals surface area contributed by atoms with E-state index in [1.165, 1.54) is 18.2 Å². The monoisotopic (exact) mass is 388 g/mol. The van der Waals surface area contributed by atoms with Crippen LogP contribution in [-0.2, 0) is 4.75 Å². The van der Waals surface area contributed by atoms with Crippen molar-refractivity contribution in [1.29, 1.82) is 0 Å². The van der Waals surface area contributed by atoms with Gasteiger partial charge >= 0.3 is 6.18 Å². The van der Waals surface area contributed by atoms with Gasteiger partial charge in [0.05, 0.1) is 5.71 Å². The van der Waals surface area contributed by atoms with Gasteiger partial charge in [0.1, 0.15) is 0 Å². The van der Waals surface area contributed by atoms with Crippen molar-refractivity contribution in [3.8, 4) is 0 Å². The summed E-state index contributed by atoms with van der Waals surface area (Å²) < 4.78 is 43.8. The van der Waals surface area contributed by atoms with Crippen molar-refractivity contribution in [2.24, 2.45) is 4.40 Å². The van der Waals surface area contributed by atoms with Crippen molar-refractivity contribution >= 4 is 40.9 Å². The van der Waals surface area contributed by atoms with E-state index >= 15 is 0 Å². The third-order valence-corrected chi connectivity index (χ3v) is 5.47. The first-order chi connectivity index (χ1) is 11.2. The average molecular weight is 389 g/mol. The standard InChI is InChI=1S/C17H11Cl2F3NS/c1-10-3-2-4-11(5-10)15-9-16(24-23-15,17(20,21)22)12-6-13(18)8-14(19)7-12/h2,4-8H,9H2,1H3. The van der Waals surface area contributed by atoms with Gasteiger partial charge < -0.3 is 0 Å². The Balaban J connectivity index is 2.05. The molecule has 0 aromatic heterocycles. The minimum absolute atomic E-state index is 0.00969. The maximum absolute atomic E-state index is 13.9. The lowest BCUT2D eigenvalue weighted by Crippen LogP contribution is -2.38. The molecule has 0 saturated heterocycles. The summed E-state index contributed by atoms with van der Waals surface area (Å²) in [5.41, 5.74) is 1.91. The SMILES string of the molecule is Cc1[c]ccc(C2=NSC(c3cc(Cl)cc(Cl)c3)(C(F)(F)F)C2)c1. The maximum Gasteiger partial charge on any atom is 0.409 e. The topological polar surface area (TPSA) is 12.4 Å². The van der Waals surface area contributed by atoms with Crippen LogP contribution in [0, 0.1) is 13.0 Å². The van der Waals surface area contributed by atoms with Crippen LogP contribution in [0.4, 0.5) is 13.2 Å². The predicted octanol–water partition coefficient (Wildman–Crippen LogP) is 6.40. The zero-order valence-electron chi connectivity index (χ0n) is 12.4. The summed E-state index contributed by atoms with van der Waals surface area (Å²) in [6.45, 7) is 1.83. The molecule has 1 unspecified atom stereocenters. The van der Waals surface area contributed by atoms with Crippen molar-refractivity contribution < 1.29 is 13.2 Å². The summed E-state index contributed by atoms with van der Waals surface area (Å²) in [6, 6.07) is 12.2. The first-order valence-electron chi connectivity index (χ1n) is 6.98. The van der Waals surface area contributed by atoms with E-state index in [1.807, 2.05) is 6.92 Å². The molecule has 0 spiro atoms. The molecule has 7 heteroatoms. The average Bonchev–Trinajstić information content (AvgIpc) is 2.92. The molecule has 125 valence electrons. The van der Waals surface area contributed by atoms with E-state index in [0.29, 0.717) is 23.2 Å². The number of nitrogens with zero attached hydrogens (tertiary/aromatic N) is 1. The van der Waals surface area contributed by atoms with Crippen LogP contribution in [-0.4, -0.2) is 11.9 Å². The molecule has 0 N–H and O–H groups in total. The van der Waals surface area contributed by atoms with Crippen LogP contribution < -0.4 is 0 Å². The second-order valence-corrected chi connectivity index (χ2v) is 7.48. The zero-order chi connectivity index (χ0) is 17.5.